The first kappa shape index (κ1) is 12.9. The normalized spacial score (nSPS) is 23.8. The van der Waals surface area contributed by atoms with Gasteiger partial charge in [-0.3, -0.25) is 9.48 Å². The smallest absolute Gasteiger partial charge is 0.328 e. The Morgan fingerprint density at radius 1 is 1.50 bits per heavy atom. The second-order valence-corrected chi connectivity index (χ2v) is 4.98. The Balaban J connectivity index is 1.75. The summed E-state index contributed by atoms with van der Waals surface area (Å²) in [6.07, 6.45) is 7.33. The highest BCUT2D eigenvalue weighted by Gasteiger charge is 2.22. The monoisotopic (exact) mass is 251 g/mol. The zero-order valence-corrected chi connectivity index (χ0v) is 10.8. The second-order valence-electron chi connectivity index (χ2n) is 4.98. The van der Waals surface area contributed by atoms with Crippen LogP contribution < -0.4 is 5.73 Å². The van der Waals surface area contributed by atoms with Crippen LogP contribution in [0, 0.1) is 5.92 Å². The van der Waals surface area contributed by atoms with Gasteiger partial charge in [0.2, 0.25) is 0 Å². The summed E-state index contributed by atoms with van der Waals surface area (Å²) >= 11 is 0. The summed E-state index contributed by atoms with van der Waals surface area (Å²) in [5.41, 5.74) is 5.49. The van der Waals surface area contributed by atoms with Gasteiger partial charge in [0, 0.05) is 6.20 Å². The van der Waals surface area contributed by atoms with Crippen molar-refractivity contribution >= 4 is 11.8 Å². The first-order chi connectivity index (χ1) is 8.67. The molecule has 0 aromatic carbocycles. The summed E-state index contributed by atoms with van der Waals surface area (Å²) < 4.78 is 6.97. The van der Waals surface area contributed by atoms with Crippen LogP contribution in [0.1, 0.15) is 39.0 Å². The van der Waals surface area contributed by atoms with E-state index in [1.54, 1.807) is 12.3 Å². The van der Waals surface area contributed by atoms with E-state index >= 15 is 0 Å². The van der Waals surface area contributed by atoms with Crippen LogP contribution in [0.2, 0.25) is 0 Å². The Labute approximate surface area is 107 Å². The zero-order valence-electron chi connectivity index (χ0n) is 10.8. The van der Waals surface area contributed by atoms with E-state index in [1.165, 1.54) is 23.9 Å². The van der Waals surface area contributed by atoms with Crippen molar-refractivity contribution in [2.75, 3.05) is 5.73 Å². The first-order valence-corrected chi connectivity index (χ1v) is 6.65. The Morgan fingerprint density at radius 2 is 2.22 bits per heavy atom. The lowest BCUT2D eigenvalue weighted by Crippen LogP contribution is -2.26. The number of aromatic nitrogens is 2. The minimum Gasteiger partial charge on any atom is -0.461 e. The number of carbonyl (C=O) groups excluding carboxylic acids is 1. The molecule has 0 atom stereocenters. The molecule has 0 saturated heterocycles. The summed E-state index contributed by atoms with van der Waals surface area (Å²) in [4.78, 5) is 11.7. The van der Waals surface area contributed by atoms with Crippen molar-refractivity contribution < 1.29 is 9.53 Å². The molecule has 5 heteroatoms. The van der Waals surface area contributed by atoms with Gasteiger partial charge in [-0.1, -0.05) is 13.3 Å². The summed E-state index contributed by atoms with van der Waals surface area (Å²) in [5, 5.41) is 3.96. The second kappa shape index (κ2) is 5.89. The maximum atomic E-state index is 11.7. The quantitative estimate of drug-likeness (QED) is 0.831. The molecule has 2 N–H and O–H groups in total. The topological polar surface area (TPSA) is 70.1 Å². The van der Waals surface area contributed by atoms with Gasteiger partial charge >= 0.3 is 5.97 Å². The maximum Gasteiger partial charge on any atom is 0.328 e. The van der Waals surface area contributed by atoms with Crippen LogP contribution in [-0.4, -0.2) is 21.9 Å². The van der Waals surface area contributed by atoms with E-state index in [-0.39, 0.29) is 18.6 Å². The van der Waals surface area contributed by atoms with Crippen molar-refractivity contribution in [2.24, 2.45) is 5.92 Å². The molecule has 0 spiro atoms. The van der Waals surface area contributed by atoms with Crippen molar-refractivity contribution in [3.8, 4) is 0 Å². The molecule has 1 aliphatic carbocycles. The molecule has 100 valence electrons. The maximum absolute atomic E-state index is 11.7. The van der Waals surface area contributed by atoms with Gasteiger partial charge in [-0.15, -0.1) is 0 Å². The standard InChI is InChI=1S/C13H21N3O2/c1-2-10-3-5-11(6-4-10)18-13(17)9-16-8-7-12(14)15-16/h7-8,10-11H,2-6,9H2,1H3,(H2,14,15). The van der Waals surface area contributed by atoms with E-state index in [2.05, 4.69) is 12.0 Å². The Kier molecular flexibility index (Phi) is 4.23. The average molecular weight is 251 g/mol. The number of nitrogens with two attached hydrogens (primary N) is 1. The molecule has 0 aliphatic heterocycles. The van der Waals surface area contributed by atoms with Gasteiger partial charge in [0.05, 0.1) is 0 Å². The fourth-order valence-electron chi connectivity index (χ4n) is 2.48. The van der Waals surface area contributed by atoms with Crippen LogP contribution >= 0.6 is 0 Å². The van der Waals surface area contributed by atoms with Crippen LogP contribution in [0.25, 0.3) is 0 Å². The van der Waals surface area contributed by atoms with Crippen molar-refractivity contribution in [3.63, 3.8) is 0 Å². The first-order valence-electron chi connectivity index (χ1n) is 6.65. The van der Waals surface area contributed by atoms with E-state index in [0.29, 0.717) is 5.82 Å². The van der Waals surface area contributed by atoms with Crippen LogP contribution in [-0.2, 0) is 16.1 Å². The van der Waals surface area contributed by atoms with Gasteiger partial charge in [-0.25, -0.2) is 0 Å². The number of esters is 1. The lowest BCUT2D eigenvalue weighted by molar-refractivity contribution is -0.151. The van der Waals surface area contributed by atoms with Crippen molar-refractivity contribution in [3.05, 3.63) is 12.3 Å². The van der Waals surface area contributed by atoms with Gasteiger partial charge in [0.25, 0.3) is 0 Å². The number of nitrogens with zero attached hydrogens (tertiary/aromatic N) is 2. The Hall–Kier alpha value is -1.52. The molecule has 1 aromatic heterocycles. The molecular formula is C13H21N3O2. The third-order valence-corrected chi connectivity index (χ3v) is 3.62. The molecule has 2 rings (SSSR count). The fraction of sp³-hybridized carbons (Fsp3) is 0.692. The number of hydrogen-bond acceptors (Lipinski definition) is 4. The molecule has 5 nitrogen and oxygen atoms in total. The Morgan fingerprint density at radius 3 is 2.78 bits per heavy atom. The predicted octanol–water partition coefficient (Wildman–Crippen LogP) is 1.98. The minimum absolute atomic E-state index is 0.0909. The van der Waals surface area contributed by atoms with Crippen LogP contribution in [0.4, 0.5) is 5.82 Å². The van der Waals surface area contributed by atoms with E-state index < -0.39 is 0 Å². The average Bonchev–Trinajstić information content (AvgIpc) is 2.75. The molecule has 0 unspecified atom stereocenters. The highest BCUT2D eigenvalue weighted by atomic mass is 16.5. The molecule has 0 amide bonds. The number of hydrogen-bond donors (Lipinski definition) is 1. The number of anilines is 1. The minimum atomic E-state index is -0.224. The van der Waals surface area contributed by atoms with Gasteiger partial charge in [-0.2, -0.15) is 5.10 Å². The predicted molar refractivity (Wildman–Crippen MR) is 68.8 cm³/mol. The van der Waals surface area contributed by atoms with Gasteiger partial charge in [0.1, 0.15) is 18.5 Å². The molecular weight excluding hydrogens is 230 g/mol. The highest BCUT2D eigenvalue weighted by Crippen LogP contribution is 2.28. The van der Waals surface area contributed by atoms with E-state index in [9.17, 15) is 4.79 Å². The van der Waals surface area contributed by atoms with Crippen molar-refractivity contribution in [1.29, 1.82) is 0 Å². The van der Waals surface area contributed by atoms with Gasteiger partial charge in [-0.05, 0) is 37.7 Å². The van der Waals surface area contributed by atoms with Crippen molar-refractivity contribution in [1.82, 2.24) is 9.78 Å². The van der Waals surface area contributed by atoms with Crippen LogP contribution in [0.5, 0.6) is 0 Å². The number of carbonyl (C=O) groups is 1. The molecule has 0 bridgehead atoms. The summed E-state index contributed by atoms with van der Waals surface area (Å²) in [6, 6.07) is 1.67. The molecule has 1 aliphatic rings. The van der Waals surface area contributed by atoms with E-state index in [1.807, 2.05) is 0 Å². The third-order valence-electron chi connectivity index (χ3n) is 3.62. The lowest BCUT2D eigenvalue weighted by Gasteiger charge is -2.27. The molecule has 1 fully saturated rings. The number of nitrogen functional groups attached to an aromatic ring is 1. The van der Waals surface area contributed by atoms with Crippen LogP contribution in [0.3, 0.4) is 0 Å². The summed E-state index contributed by atoms with van der Waals surface area (Å²) in [5.74, 6) is 1.01. The number of rotatable bonds is 4. The number of ether oxygens (including phenoxy) is 1. The summed E-state index contributed by atoms with van der Waals surface area (Å²) in [6.45, 7) is 2.37. The molecule has 1 aromatic rings. The van der Waals surface area contributed by atoms with Gasteiger partial charge < -0.3 is 10.5 Å². The highest BCUT2D eigenvalue weighted by molar-refractivity contribution is 5.69. The van der Waals surface area contributed by atoms with E-state index in [0.717, 1.165) is 18.8 Å². The largest absolute Gasteiger partial charge is 0.461 e. The zero-order chi connectivity index (χ0) is 13.0. The fourth-order valence-corrected chi connectivity index (χ4v) is 2.48. The van der Waals surface area contributed by atoms with Crippen molar-refractivity contribution in [2.45, 2.75) is 51.7 Å². The Bertz CT molecular complexity index is 395. The molecule has 1 heterocycles. The molecule has 18 heavy (non-hydrogen) atoms. The molecule has 1 saturated carbocycles. The van der Waals surface area contributed by atoms with E-state index in [4.69, 9.17) is 10.5 Å². The third kappa shape index (κ3) is 3.48. The van der Waals surface area contributed by atoms with Crippen LogP contribution in [0.15, 0.2) is 12.3 Å². The van der Waals surface area contributed by atoms with Gasteiger partial charge in [0.15, 0.2) is 0 Å². The lowest BCUT2D eigenvalue weighted by atomic mass is 9.86. The molecule has 0 radical (unpaired) electrons. The summed E-state index contributed by atoms with van der Waals surface area (Å²) in [7, 11) is 0. The SMILES string of the molecule is CCC1CCC(OC(=O)Cn2ccc(N)n2)CC1.